The highest BCUT2D eigenvalue weighted by molar-refractivity contribution is 5.55. The molecule has 2 rings (SSSR count). The predicted octanol–water partition coefficient (Wildman–Crippen LogP) is 0.768. The Hall–Kier alpha value is -2.90. The van der Waals surface area contributed by atoms with Crippen molar-refractivity contribution in [1.29, 1.82) is 0 Å². The number of nitrogens with zero attached hydrogens (tertiary/aromatic N) is 2. The molecule has 21 heavy (non-hydrogen) atoms. The zero-order valence-electron chi connectivity index (χ0n) is 11.3. The minimum absolute atomic E-state index is 0.219. The van der Waals surface area contributed by atoms with Gasteiger partial charge in [0.05, 0.1) is 7.11 Å². The van der Waals surface area contributed by atoms with E-state index >= 15 is 0 Å². The molecule has 1 aromatic heterocycles. The van der Waals surface area contributed by atoms with Gasteiger partial charge in [-0.2, -0.15) is 0 Å². The number of hydrogen-bond acceptors (Lipinski definition) is 6. The van der Waals surface area contributed by atoms with Gasteiger partial charge >= 0.3 is 5.69 Å². The summed E-state index contributed by atoms with van der Waals surface area (Å²) >= 11 is 0. The Morgan fingerprint density at radius 3 is 2.52 bits per heavy atom. The Morgan fingerprint density at radius 2 is 1.95 bits per heavy atom. The molecule has 3 N–H and O–H groups in total. The van der Waals surface area contributed by atoms with Crippen molar-refractivity contribution >= 4 is 11.5 Å². The highest BCUT2D eigenvalue weighted by Crippen LogP contribution is 2.15. The SMILES string of the molecule is COc1ccc(CCn2c(N)c(N=O)c(=O)[nH]c2=O)cc1. The molecule has 0 unspecified atom stereocenters. The third-order valence-corrected chi connectivity index (χ3v) is 3.09. The summed E-state index contributed by atoms with van der Waals surface area (Å²) in [6, 6.07) is 7.30. The van der Waals surface area contributed by atoms with Gasteiger partial charge < -0.3 is 10.5 Å². The average molecular weight is 290 g/mol. The standard InChI is InChI=1S/C13H14N4O4/c1-21-9-4-2-8(3-5-9)6-7-17-11(14)10(16-20)12(18)15-13(17)19/h2-5H,6-7,14H2,1H3,(H,15,18,19). The van der Waals surface area contributed by atoms with Gasteiger partial charge in [-0.05, 0) is 29.3 Å². The summed E-state index contributed by atoms with van der Waals surface area (Å²) < 4.78 is 6.17. The monoisotopic (exact) mass is 290 g/mol. The van der Waals surface area contributed by atoms with Crippen molar-refractivity contribution in [3.05, 3.63) is 55.6 Å². The van der Waals surface area contributed by atoms with Crippen molar-refractivity contribution in [3.8, 4) is 5.75 Å². The number of H-pyrrole nitrogens is 1. The van der Waals surface area contributed by atoms with Crippen LogP contribution in [0, 0.1) is 4.91 Å². The number of nitrogens with one attached hydrogen (secondary N) is 1. The topological polar surface area (TPSA) is 120 Å². The van der Waals surface area contributed by atoms with E-state index in [2.05, 4.69) is 5.18 Å². The van der Waals surface area contributed by atoms with E-state index in [1.54, 1.807) is 19.2 Å². The van der Waals surface area contributed by atoms with Gasteiger partial charge in [0.25, 0.3) is 5.56 Å². The number of nitrogens with two attached hydrogens (primary N) is 1. The molecule has 1 aromatic carbocycles. The van der Waals surface area contributed by atoms with E-state index in [0.717, 1.165) is 15.9 Å². The first kappa shape index (κ1) is 14.5. The zero-order valence-corrected chi connectivity index (χ0v) is 11.3. The fourth-order valence-electron chi connectivity index (χ4n) is 1.92. The van der Waals surface area contributed by atoms with Crippen LogP contribution in [0.5, 0.6) is 5.75 Å². The molecule has 110 valence electrons. The maximum Gasteiger partial charge on any atom is 0.330 e. The van der Waals surface area contributed by atoms with Crippen molar-refractivity contribution < 1.29 is 4.74 Å². The van der Waals surface area contributed by atoms with Crippen molar-refractivity contribution in [2.75, 3.05) is 12.8 Å². The molecule has 2 aromatic rings. The Balaban J connectivity index is 2.25. The van der Waals surface area contributed by atoms with Gasteiger partial charge in [0.15, 0.2) is 0 Å². The maximum atomic E-state index is 11.7. The normalized spacial score (nSPS) is 10.3. The molecule has 8 nitrogen and oxygen atoms in total. The van der Waals surface area contributed by atoms with Gasteiger partial charge in [-0.3, -0.25) is 14.3 Å². The van der Waals surface area contributed by atoms with Crippen LogP contribution in [-0.2, 0) is 13.0 Å². The molecular formula is C13H14N4O4. The van der Waals surface area contributed by atoms with Gasteiger partial charge in [-0.25, -0.2) is 4.79 Å². The lowest BCUT2D eigenvalue weighted by Crippen LogP contribution is -2.32. The van der Waals surface area contributed by atoms with Gasteiger partial charge in [0, 0.05) is 6.54 Å². The molecular weight excluding hydrogens is 276 g/mol. The number of hydrogen-bond donors (Lipinski definition) is 2. The van der Waals surface area contributed by atoms with Crippen LogP contribution in [0.1, 0.15) is 5.56 Å². The summed E-state index contributed by atoms with van der Waals surface area (Å²) in [5.74, 6) is 0.499. The first-order valence-corrected chi connectivity index (χ1v) is 6.15. The summed E-state index contributed by atoms with van der Waals surface area (Å²) in [7, 11) is 1.57. The molecule has 0 spiro atoms. The minimum atomic E-state index is -0.881. The summed E-state index contributed by atoms with van der Waals surface area (Å²) in [4.78, 5) is 35.6. The van der Waals surface area contributed by atoms with E-state index in [4.69, 9.17) is 10.5 Å². The second-order valence-corrected chi connectivity index (χ2v) is 4.33. The van der Waals surface area contributed by atoms with E-state index in [1.807, 2.05) is 17.1 Å². The minimum Gasteiger partial charge on any atom is -0.497 e. The molecule has 1 heterocycles. The second kappa shape index (κ2) is 6.04. The van der Waals surface area contributed by atoms with Crippen LogP contribution in [-0.4, -0.2) is 16.7 Å². The number of rotatable bonds is 5. The number of ether oxygens (including phenoxy) is 1. The van der Waals surface area contributed by atoms with Crippen LogP contribution < -0.4 is 21.7 Å². The Kier molecular flexibility index (Phi) is 4.17. The Labute approximate surface area is 119 Å². The number of methoxy groups -OCH3 is 1. The molecule has 0 atom stereocenters. The van der Waals surface area contributed by atoms with Crippen LogP contribution in [0.3, 0.4) is 0 Å². The molecule has 0 radical (unpaired) electrons. The van der Waals surface area contributed by atoms with Crippen molar-refractivity contribution in [1.82, 2.24) is 9.55 Å². The van der Waals surface area contributed by atoms with Crippen LogP contribution in [0.15, 0.2) is 39.0 Å². The Bertz CT molecular complexity index is 761. The second-order valence-electron chi connectivity index (χ2n) is 4.33. The van der Waals surface area contributed by atoms with Crippen molar-refractivity contribution in [3.63, 3.8) is 0 Å². The first-order chi connectivity index (χ1) is 10.1. The zero-order chi connectivity index (χ0) is 15.4. The van der Waals surface area contributed by atoms with Crippen LogP contribution in [0.2, 0.25) is 0 Å². The summed E-state index contributed by atoms with van der Waals surface area (Å²) in [6.45, 7) is 0.219. The maximum absolute atomic E-state index is 11.7. The molecule has 8 heteroatoms. The third kappa shape index (κ3) is 2.99. The molecule has 0 saturated heterocycles. The first-order valence-electron chi connectivity index (χ1n) is 6.15. The third-order valence-electron chi connectivity index (χ3n) is 3.09. The largest absolute Gasteiger partial charge is 0.497 e. The Morgan fingerprint density at radius 1 is 1.29 bits per heavy atom. The molecule has 0 fully saturated rings. The highest BCUT2D eigenvalue weighted by Gasteiger charge is 2.12. The van der Waals surface area contributed by atoms with Gasteiger partial charge in [0.1, 0.15) is 11.6 Å². The number of benzene rings is 1. The summed E-state index contributed by atoms with van der Waals surface area (Å²) in [5, 5.41) is 2.55. The number of aromatic amines is 1. The fourth-order valence-corrected chi connectivity index (χ4v) is 1.92. The number of aromatic nitrogens is 2. The van der Waals surface area contributed by atoms with Gasteiger partial charge in [-0.15, -0.1) is 4.91 Å². The lowest BCUT2D eigenvalue weighted by Gasteiger charge is -2.09. The lowest BCUT2D eigenvalue weighted by molar-refractivity contribution is 0.414. The highest BCUT2D eigenvalue weighted by atomic mass is 16.5. The number of nitroso groups, excluding NO2 is 1. The van der Waals surface area contributed by atoms with Crippen LogP contribution in [0.4, 0.5) is 11.5 Å². The van der Waals surface area contributed by atoms with E-state index in [9.17, 15) is 14.5 Å². The van der Waals surface area contributed by atoms with Crippen LogP contribution in [0.25, 0.3) is 0 Å². The van der Waals surface area contributed by atoms with Gasteiger partial charge in [-0.1, -0.05) is 12.1 Å². The van der Waals surface area contributed by atoms with Gasteiger partial charge in [0.2, 0.25) is 5.69 Å². The number of anilines is 1. The molecule has 0 aliphatic heterocycles. The summed E-state index contributed by atoms with van der Waals surface area (Å²) in [6.07, 6.45) is 0.498. The molecule has 0 aliphatic carbocycles. The average Bonchev–Trinajstić information content (AvgIpc) is 2.47. The number of aryl methyl sites for hydroxylation is 1. The van der Waals surface area contributed by atoms with E-state index < -0.39 is 16.9 Å². The number of nitrogen functional groups attached to an aromatic ring is 1. The summed E-state index contributed by atoms with van der Waals surface area (Å²) in [5.41, 5.74) is 4.56. The predicted molar refractivity (Wildman–Crippen MR) is 77.9 cm³/mol. The smallest absolute Gasteiger partial charge is 0.330 e. The fraction of sp³-hybridized carbons (Fsp3) is 0.231. The van der Waals surface area contributed by atoms with Crippen molar-refractivity contribution in [2.45, 2.75) is 13.0 Å². The molecule has 0 bridgehead atoms. The molecule has 0 saturated carbocycles. The van der Waals surface area contributed by atoms with E-state index in [0.29, 0.717) is 6.42 Å². The lowest BCUT2D eigenvalue weighted by atomic mass is 10.1. The quantitative estimate of drug-likeness (QED) is 0.788. The van der Waals surface area contributed by atoms with E-state index in [-0.39, 0.29) is 12.4 Å². The molecule has 0 aliphatic rings. The van der Waals surface area contributed by atoms with Crippen molar-refractivity contribution in [2.24, 2.45) is 5.18 Å². The van der Waals surface area contributed by atoms with E-state index in [1.165, 1.54) is 0 Å². The molecule has 0 amide bonds. The van der Waals surface area contributed by atoms with Crippen LogP contribution >= 0.6 is 0 Å².